The molecule has 16 heavy (non-hydrogen) atoms. The van der Waals surface area contributed by atoms with Crippen LogP contribution in [-0.2, 0) is 0 Å². The van der Waals surface area contributed by atoms with Gasteiger partial charge in [-0.15, -0.1) is 0 Å². The molecule has 0 aliphatic rings. The number of rotatable bonds is 1. The molecule has 0 aliphatic carbocycles. The van der Waals surface area contributed by atoms with Gasteiger partial charge in [0.15, 0.2) is 0 Å². The van der Waals surface area contributed by atoms with Crippen LogP contribution in [-0.4, -0.2) is 14.5 Å². The standard InChI is InChI=1S/C11H9Cl3N2/c1-6-9(10(15)11(12,13)14)7-4-2-3-5-8(7)16-6/h2-5,15-16H,1H3. The summed E-state index contributed by atoms with van der Waals surface area (Å²) in [6, 6.07) is 7.64. The van der Waals surface area contributed by atoms with Crippen molar-refractivity contribution in [3.8, 4) is 0 Å². The second-order valence-corrected chi connectivity index (χ2v) is 5.82. The average molecular weight is 276 g/mol. The van der Waals surface area contributed by atoms with Crippen molar-refractivity contribution < 1.29 is 0 Å². The van der Waals surface area contributed by atoms with Crippen LogP contribution in [0.15, 0.2) is 24.3 Å². The first-order valence-electron chi connectivity index (χ1n) is 4.64. The highest BCUT2D eigenvalue weighted by Gasteiger charge is 2.30. The number of para-hydroxylation sites is 1. The molecule has 0 unspecified atom stereocenters. The molecule has 0 atom stereocenters. The van der Waals surface area contributed by atoms with E-state index in [1.165, 1.54) is 0 Å². The Morgan fingerprint density at radius 1 is 1.25 bits per heavy atom. The Balaban J connectivity index is 2.69. The van der Waals surface area contributed by atoms with E-state index in [0.29, 0.717) is 5.56 Å². The van der Waals surface area contributed by atoms with E-state index in [-0.39, 0.29) is 5.71 Å². The van der Waals surface area contributed by atoms with E-state index in [2.05, 4.69) is 4.98 Å². The van der Waals surface area contributed by atoms with Gasteiger partial charge in [-0.1, -0.05) is 53.0 Å². The maximum atomic E-state index is 7.90. The molecule has 2 aromatic rings. The van der Waals surface area contributed by atoms with Crippen molar-refractivity contribution in [2.45, 2.75) is 10.7 Å². The van der Waals surface area contributed by atoms with E-state index in [9.17, 15) is 0 Å². The van der Waals surface area contributed by atoms with Gasteiger partial charge < -0.3 is 10.4 Å². The van der Waals surface area contributed by atoms with Crippen molar-refractivity contribution in [3.05, 3.63) is 35.5 Å². The van der Waals surface area contributed by atoms with E-state index < -0.39 is 3.79 Å². The van der Waals surface area contributed by atoms with Gasteiger partial charge >= 0.3 is 0 Å². The number of hydrogen-bond acceptors (Lipinski definition) is 1. The van der Waals surface area contributed by atoms with E-state index in [4.69, 9.17) is 40.2 Å². The van der Waals surface area contributed by atoms with Gasteiger partial charge in [0.2, 0.25) is 3.79 Å². The number of fused-ring (bicyclic) bond motifs is 1. The smallest absolute Gasteiger partial charge is 0.232 e. The van der Waals surface area contributed by atoms with Gasteiger partial charge in [-0.25, -0.2) is 0 Å². The van der Waals surface area contributed by atoms with Crippen LogP contribution in [0.25, 0.3) is 10.9 Å². The number of benzene rings is 1. The Hall–Kier alpha value is -0.700. The summed E-state index contributed by atoms with van der Waals surface area (Å²) in [5.41, 5.74) is 2.43. The maximum absolute atomic E-state index is 7.90. The highest BCUT2D eigenvalue weighted by atomic mass is 35.6. The highest BCUT2D eigenvalue weighted by Crippen LogP contribution is 2.34. The van der Waals surface area contributed by atoms with Crippen LogP contribution < -0.4 is 0 Å². The molecule has 0 spiro atoms. The molecule has 2 nitrogen and oxygen atoms in total. The average Bonchev–Trinajstić information content (AvgIpc) is 2.51. The molecule has 0 saturated carbocycles. The fourth-order valence-corrected chi connectivity index (χ4v) is 2.02. The molecule has 0 radical (unpaired) electrons. The Morgan fingerprint density at radius 3 is 2.50 bits per heavy atom. The van der Waals surface area contributed by atoms with Crippen LogP contribution in [0, 0.1) is 12.3 Å². The third kappa shape index (κ3) is 1.93. The molecule has 0 amide bonds. The van der Waals surface area contributed by atoms with Crippen molar-refractivity contribution in [2.75, 3.05) is 0 Å². The van der Waals surface area contributed by atoms with Gasteiger partial charge in [-0.3, -0.25) is 0 Å². The zero-order valence-electron chi connectivity index (χ0n) is 8.44. The summed E-state index contributed by atoms with van der Waals surface area (Å²) in [4.78, 5) is 3.16. The summed E-state index contributed by atoms with van der Waals surface area (Å²) in [5.74, 6) is 0. The Kier molecular flexibility index (Phi) is 2.91. The molecule has 2 N–H and O–H groups in total. The van der Waals surface area contributed by atoms with Gasteiger partial charge in [0.1, 0.15) is 0 Å². The Morgan fingerprint density at radius 2 is 1.88 bits per heavy atom. The molecule has 0 bridgehead atoms. The van der Waals surface area contributed by atoms with E-state index in [1.54, 1.807) is 0 Å². The predicted octanol–water partition coefficient (Wildman–Crippen LogP) is 4.21. The third-order valence-corrected chi connectivity index (χ3v) is 2.99. The summed E-state index contributed by atoms with van der Waals surface area (Å²) in [6.45, 7) is 1.86. The first-order chi connectivity index (χ1) is 7.41. The molecular weight excluding hydrogens is 266 g/mol. The first kappa shape index (κ1) is 11.8. The fourth-order valence-electron chi connectivity index (χ4n) is 1.74. The number of H-pyrrole nitrogens is 1. The molecule has 0 saturated heterocycles. The van der Waals surface area contributed by atoms with E-state index in [0.717, 1.165) is 16.6 Å². The highest BCUT2D eigenvalue weighted by molar-refractivity contribution is 6.78. The zero-order chi connectivity index (χ0) is 11.9. The lowest BCUT2D eigenvalue weighted by molar-refractivity contribution is 1.27. The lowest BCUT2D eigenvalue weighted by Crippen LogP contribution is -2.19. The molecular formula is C11H9Cl3N2. The molecule has 1 aromatic heterocycles. The number of halogens is 3. The van der Waals surface area contributed by atoms with Gasteiger partial charge in [0.25, 0.3) is 0 Å². The number of alkyl halides is 3. The molecule has 84 valence electrons. The van der Waals surface area contributed by atoms with Crippen LogP contribution >= 0.6 is 34.8 Å². The van der Waals surface area contributed by atoms with Gasteiger partial charge in [0, 0.05) is 22.2 Å². The number of aromatic nitrogens is 1. The first-order valence-corrected chi connectivity index (χ1v) is 5.78. The summed E-state index contributed by atoms with van der Waals surface area (Å²) in [6.07, 6.45) is 0. The SMILES string of the molecule is Cc1[nH]c2ccccc2c1C(=N)C(Cl)(Cl)Cl. The summed E-state index contributed by atoms with van der Waals surface area (Å²) in [5, 5.41) is 8.80. The van der Waals surface area contributed by atoms with Crippen LogP contribution in [0.3, 0.4) is 0 Å². The maximum Gasteiger partial charge on any atom is 0.232 e. The third-order valence-electron chi connectivity index (χ3n) is 2.43. The van der Waals surface area contributed by atoms with Crippen LogP contribution in [0.5, 0.6) is 0 Å². The molecule has 0 aliphatic heterocycles. The van der Waals surface area contributed by atoms with Crippen molar-refractivity contribution in [1.29, 1.82) is 5.41 Å². The minimum absolute atomic E-state index is 0.00699. The fraction of sp³-hybridized carbons (Fsp3) is 0.182. The molecule has 1 aromatic carbocycles. The monoisotopic (exact) mass is 274 g/mol. The zero-order valence-corrected chi connectivity index (χ0v) is 10.7. The quantitative estimate of drug-likeness (QED) is 0.578. The van der Waals surface area contributed by atoms with Crippen molar-refractivity contribution in [2.24, 2.45) is 0 Å². The Labute approximate surface area is 108 Å². The predicted molar refractivity (Wildman–Crippen MR) is 70.2 cm³/mol. The van der Waals surface area contributed by atoms with Crippen LogP contribution in [0.4, 0.5) is 0 Å². The number of hydrogen-bond donors (Lipinski definition) is 2. The second kappa shape index (κ2) is 3.95. The number of nitrogens with one attached hydrogen (secondary N) is 2. The normalized spacial score (nSPS) is 12.0. The van der Waals surface area contributed by atoms with Gasteiger partial charge in [-0.2, -0.15) is 0 Å². The van der Waals surface area contributed by atoms with Crippen LogP contribution in [0.2, 0.25) is 0 Å². The van der Waals surface area contributed by atoms with E-state index in [1.807, 2.05) is 31.2 Å². The second-order valence-electron chi connectivity index (χ2n) is 3.54. The lowest BCUT2D eigenvalue weighted by atomic mass is 10.1. The van der Waals surface area contributed by atoms with Crippen LogP contribution in [0.1, 0.15) is 11.3 Å². The minimum Gasteiger partial charge on any atom is -0.358 e. The molecule has 0 fully saturated rings. The van der Waals surface area contributed by atoms with Gasteiger partial charge in [0.05, 0.1) is 5.71 Å². The van der Waals surface area contributed by atoms with E-state index >= 15 is 0 Å². The Bertz CT molecular complexity index is 552. The van der Waals surface area contributed by atoms with Crippen molar-refractivity contribution >= 4 is 51.4 Å². The van der Waals surface area contributed by atoms with Gasteiger partial charge in [-0.05, 0) is 13.0 Å². The largest absolute Gasteiger partial charge is 0.358 e. The topological polar surface area (TPSA) is 39.6 Å². The number of aryl methyl sites for hydroxylation is 1. The van der Waals surface area contributed by atoms with Crippen molar-refractivity contribution in [1.82, 2.24) is 4.98 Å². The number of aromatic amines is 1. The summed E-state index contributed by atoms with van der Waals surface area (Å²) in [7, 11) is 0. The summed E-state index contributed by atoms with van der Waals surface area (Å²) < 4.78 is -1.70. The molecule has 2 rings (SSSR count). The summed E-state index contributed by atoms with van der Waals surface area (Å²) >= 11 is 17.2. The minimum atomic E-state index is -1.70. The lowest BCUT2D eigenvalue weighted by Gasteiger charge is -2.12. The van der Waals surface area contributed by atoms with Crippen molar-refractivity contribution in [3.63, 3.8) is 0 Å². The molecule has 1 heterocycles. The molecule has 5 heteroatoms.